The van der Waals surface area contributed by atoms with Crippen molar-refractivity contribution >= 4 is 18.0 Å². The van der Waals surface area contributed by atoms with Gasteiger partial charge in [0.2, 0.25) is 0 Å². The molecule has 0 radical (unpaired) electrons. The molecule has 5 atom stereocenters. The van der Waals surface area contributed by atoms with Gasteiger partial charge in [-0.15, -0.1) is 0 Å². The van der Waals surface area contributed by atoms with Crippen molar-refractivity contribution in [2.45, 2.75) is 44.9 Å². The molecule has 5 unspecified atom stereocenters. The van der Waals surface area contributed by atoms with Crippen molar-refractivity contribution in [3.05, 3.63) is 23.5 Å². The summed E-state index contributed by atoms with van der Waals surface area (Å²) in [5.74, 6) is -1.52. The number of aromatic nitrogens is 1. The van der Waals surface area contributed by atoms with E-state index in [1.807, 2.05) is 0 Å². The Morgan fingerprint density at radius 2 is 1.86 bits per heavy atom. The number of hydrogen-bond donors (Lipinski definition) is 2. The number of carbonyl (C=O) groups is 3. The predicted octanol–water partition coefficient (Wildman–Crippen LogP) is 2.20. The highest BCUT2D eigenvalue weighted by Crippen LogP contribution is 2.54. The molecule has 2 fully saturated rings. The Bertz CT molecular complexity index is 746. The van der Waals surface area contributed by atoms with Gasteiger partial charge in [-0.2, -0.15) is 0 Å². The molecule has 0 bridgehead atoms. The summed E-state index contributed by atoms with van der Waals surface area (Å²) in [6.45, 7) is 3.75. The van der Waals surface area contributed by atoms with Gasteiger partial charge in [0.25, 0.3) is 0 Å². The number of esters is 2. The lowest BCUT2D eigenvalue weighted by Gasteiger charge is -2.30. The molecule has 1 saturated carbocycles. The lowest BCUT2D eigenvalue weighted by molar-refractivity contribution is -0.149. The van der Waals surface area contributed by atoms with E-state index < -0.39 is 30.1 Å². The number of likely N-dealkylation sites (tertiary alicyclic amines) is 1. The van der Waals surface area contributed by atoms with Crippen LogP contribution in [0.2, 0.25) is 0 Å². The third-order valence-corrected chi connectivity index (χ3v) is 5.69. The van der Waals surface area contributed by atoms with Gasteiger partial charge in [-0.1, -0.05) is 0 Å². The van der Waals surface area contributed by atoms with Crippen LogP contribution < -0.4 is 0 Å². The first-order chi connectivity index (χ1) is 13.4. The summed E-state index contributed by atoms with van der Waals surface area (Å²) in [5, 5.41) is 9.94. The molecule has 1 aliphatic heterocycles. The number of ether oxygens (including phenoxy) is 3. The minimum absolute atomic E-state index is 0.0737. The zero-order chi connectivity index (χ0) is 20.4. The van der Waals surface area contributed by atoms with E-state index in [9.17, 15) is 19.5 Å². The summed E-state index contributed by atoms with van der Waals surface area (Å²) in [6.07, 6.45) is 1.44. The van der Waals surface area contributed by atoms with Crippen LogP contribution in [0.15, 0.2) is 12.3 Å². The van der Waals surface area contributed by atoms with Crippen molar-refractivity contribution in [1.29, 1.82) is 0 Å². The molecular weight excluding hydrogens is 368 g/mol. The highest BCUT2D eigenvalue weighted by Gasteiger charge is 2.59. The van der Waals surface area contributed by atoms with Gasteiger partial charge in [-0.05, 0) is 44.6 Å². The van der Waals surface area contributed by atoms with Gasteiger partial charge in [0, 0.05) is 18.9 Å². The van der Waals surface area contributed by atoms with E-state index in [2.05, 4.69) is 4.98 Å². The Hall–Kier alpha value is -2.55. The molecule has 9 heteroatoms. The summed E-state index contributed by atoms with van der Waals surface area (Å²) in [7, 11) is 1.61. The number of rotatable bonds is 6. The van der Waals surface area contributed by atoms with Gasteiger partial charge in [0.15, 0.2) is 0 Å². The number of nitrogens with zero attached hydrogens (tertiary/aromatic N) is 1. The molecule has 1 aromatic rings. The van der Waals surface area contributed by atoms with Crippen molar-refractivity contribution < 1.29 is 33.7 Å². The maximum absolute atomic E-state index is 12.7. The number of carbonyl (C=O) groups excluding carboxylic acids is 2. The predicted molar refractivity (Wildman–Crippen MR) is 96.8 cm³/mol. The van der Waals surface area contributed by atoms with Crippen molar-refractivity contribution in [2.24, 2.45) is 11.8 Å². The summed E-state index contributed by atoms with van der Waals surface area (Å²) >= 11 is 0. The molecule has 1 aromatic heterocycles. The largest absolute Gasteiger partial charge is 0.465 e. The minimum atomic E-state index is -1.22. The van der Waals surface area contributed by atoms with Crippen molar-refractivity contribution in [2.75, 3.05) is 20.3 Å². The molecule has 2 aliphatic rings. The van der Waals surface area contributed by atoms with E-state index >= 15 is 0 Å². The molecule has 2 N–H and O–H groups in total. The van der Waals surface area contributed by atoms with Gasteiger partial charge < -0.3 is 24.3 Å². The van der Waals surface area contributed by atoms with Crippen LogP contribution >= 0.6 is 0 Å². The highest BCUT2D eigenvalue weighted by atomic mass is 16.5. The Morgan fingerprint density at radius 1 is 1.18 bits per heavy atom. The van der Waals surface area contributed by atoms with Gasteiger partial charge in [-0.3, -0.25) is 4.90 Å². The minimum Gasteiger partial charge on any atom is -0.465 e. The zero-order valence-corrected chi connectivity index (χ0v) is 16.2. The Kier molecular flexibility index (Phi) is 5.93. The summed E-state index contributed by atoms with van der Waals surface area (Å²) in [6, 6.07) is 0.0812. The van der Waals surface area contributed by atoms with Crippen LogP contribution in [-0.2, 0) is 19.0 Å². The molecular formula is C19H26N2O7. The maximum Gasteiger partial charge on any atom is 0.408 e. The summed E-state index contributed by atoms with van der Waals surface area (Å²) < 4.78 is 15.8. The highest BCUT2D eigenvalue weighted by molar-refractivity contribution is 5.90. The molecule has 0 aromatic carbocycles. The average Bonchev–Trinajstić information content (AvgIpc) is 3.34. The van der Waals surface area contributed by atoms with Crippen LogP contribution in [0.25, 0.3) is 0 Å². The van der Waals surface area contributed by atoms with Crippen LogP contribution in [0.4, 0.5) is 4.79 Å². The van der Waals surface area contributed by atoms with Gasteiger partial charge >= 0.3 is 18.0 Å². The Balaban J connectivity index is 2.05. The van der Waals surface area contributed by atoms with E-state index in [-0.39, 0.29) is 36.8 Å². The molecule has 1 amide bonds. The van der Waals surface area contributed by atoms with E-state index in [1.54, 1.807) is 33.2 Å². The normalized spacial score (nSPS) is 28.8. The number of fused-ring (bicyclic) bond motifs is 1. The topological polar surface area (TPSA) is 118 Å². The average molecular weight is 394 g/mol. The van der Waals surface area contributed by atoms with Gasteiger partial charge in [-0.25, -0.2) is 14.4 Å². The standard InChI is InChI=1S/C19H26N2O7/c1-4-27-17(22)14-11(6-7-20-14)15-12-8-10(26-3)9-13(12)16(18(23)28-5-2)21(15)19(24)25/h6-7,10,12-13,15-16,20H,4-5,8-9H2,1-3H3,(H,24,25). The van der Waals surface area contributed by atoms with Crippen LogP contribution in [0.5, 0.6) is 0 Å². The summed E-state index contributed by atoms with van der Waals surface area (Å²) in [4.78, 5) is 41.2. The molecule has 2 heterocycles. The number of carboxylic acid groups (broad SMARTS) is 1. The molecule has 28 heavy (non-hydrogen) atoms. The molecule has 1 saturated heterocycles. The Labute approximate surface area is 162 Å². The fourth-order valence-corrected chi connectivity index (χ4v) is 4.70. The lowest BCUT2D eigenvalue weighted by Crippen LogP contribution is -2.45. The first-order valence-corrected chi connectivity index (χ1v) is 9.49. The SMILES string of the molecule is CCOC(=O)c1[nH]ccc1C1C2CC(OC)CC2C(C(=O)OCC)N1C(=O)O. The summed E-state index contributed by atoms with van der Waals surface area (Å²) in [5.41, 5.74) is 0.724. The van der Waals surface area contributed by atoms with Gasteiger partial charge in [0.05, 0.1) is 25.4 Å². The van der Waals surface area contributed by atoms with Crippen molar-refractivity contribution in [1.82, 2.24) is 9.88 Å². The second-order valence-electron chi connectivity index (χ2n) is 7.02. The molecule has 154 valence electrons. The van der Waals surface area contributed by atoms with Gasteiger partial charge in [0.1, 0.15) is 11.7 Å². The first-order valence-electron chi connectivity index (χ1n) is 9.49. The number of H-pyrrole nitrogens is 1. The lowest BCUT2D eigenvalue weighted by atomic mass is 9.87. The number of methoxy groups -OCH3 is 1. The molecule has 0 spiro atoms. The van der Waals surface area contributed by atoms with Crippen LogP contribution in [0.1, 0.15) is 48.8 Å². The Morgan fingerprint density at radius 3 is 2.46 bits per heavy atom. The monoisotopic (exact) mass is 394 g/mol. The van der Waals surface area contributed by atoms with Crippen LogP contribution in [0, 0.1) is 11.8 Å². The van der Waals surface area contributed by atoms with E-state index in [0.29, 0.717) is 18.4 Å². The second kappa shape index (κ2) is 8.22. The second-order valence-corrected chi connectivity index (χ2v) is 7.02. The third kappa shape index (κ3) is 3.34. The van der Waals surface area contributed by atoms with Crippen molar-refractivity contribution in [3.8, 4) is 0 Å². The first kappa shape index (κ1) is 20.2. The quantitative estimate of drug-likeness (QED) is 0.710. The number of hydrogen-bond acceptors (Lipinski definition) is 6. The van der Waals surface area contributed by atoms with Crippen LogP contribution in [-0.4, -0.2) is 65.5 Å². The number of amides is 1. The maximum atomic E-state index is 12.7. The van der Waals surface area contributed by atoms with E-state index in [4.69, 9.17) is 14.2 Å². The van der Waals surface area contributed by atoms with E-state index in [1.165, 1.54) is 0 Å². The fraction of sp³-hybridized carbons (Fsp3) is 0.632. The third-order valence-electron chi connectivity index (χ3n) is 5.69. The number of aromatic amines is 1. The zero-order valence-electron chi connectivity index (χ0n) is 16.2. The number of nitrogens with one attached hydrogen (secondary N) is 1. The van der Waals surface area contributed by atoms with Crippen molar-refractivity contribution in [3.63, 3.8) is 0 Å². The van der Waals surface area contributed by atoms with E-state index in [0.717, 1.165) is 4.90 Å². The molecule has 9 nitrogen and oxygen atoms in total. The molecule has 1 aliphatic carbocycles. The fourth-order valence-electron chi connectivity index (χ4n) is 4.70. The smallest absolute Gasteiger partial charge is 0.408 e. The molecule has 3 rings (SSSR count). The van der Waals surface area contributed by atoms with Crippen LogP contribution in [0.3, 0.4) is 0 Å².